The lowest BCUT2D eigenvalue weighted by molar-refractivity contribution is -0.147. The Morgan fingerprint density at radius 1 is 1.14 bits per heavy atom. The van der Waals surface area contributed by atoms with Crippen LogP contribution in [0.15, 0.2) is 35.4 Å². The molecule has 0 saturated carbocycles. The van der Waals surface area contributed by atoms with E-state index in [-0.39, 0.29) is 28.4 Å². The maximum atomic E-state index is 13.1. The molecule has 2 aromatic rings. The molecule has 2 amide bonds. The number of aromatic nitrogens is 1. The van der Waals surface area contributed by atoms with Crippen LogP contribution < -0.4 is 16.0 Å². The first-order chi connectivity index (χ1) is 19.7. The number of nitrogens with two attached hydrogens (primary N) is 1. The van der Waals surface area contributed by atoms with Gasteiger partial charge in [0, 0.05) is 13.0 Å². The predicted molar refractivity (Wildman–Crippen MR) is 159 cm³/mol. The topological polar surface area (TPSA) is 182 Å². The van der Waals surface area contributed by atoms with Crippen LogP contribution in [0.4, 0.5) is 10.6 Å². The second kappa shape index (κ2) is 14.1. The van der Waals surface area contributed by atoms with Crippen LogP contribution in [0.5, 0.6) is 0 Å². The number of carbonyl (C=O) groups excluding carboxylic acids is 2. The first kappa shape index (κ1) is 33.9. The lowest BCUT2D eigenvalue weighted by Gasteiger charge is -2.44. The fraction of sp³-hybridized carbons (Fsp3) is 0.467. The van der Waals surface area contributed by atoms with E-state index in [2.05, 4.69) is 22.4 Å². The van der Waals surface area contributed by atoms with Crippen molar-refractivity contribution in [2.45, 2.75) is 82.3 Å². The molecule has 42 heavy (non-hydrogen) atoms. The van der Waals surface area contributed by atoms with Crippen molar-refractivity contribution in [1.29, 1.82) is 10.5 Å². The highest BCUT2D eigenvalue weighted by Crippen LogP contribution is 2.41. The summed E-state index contributed by atoms with van der Waals surface area (Å²) in [7, 11) is 1.42. The number of hydrogen-bond donors (Lipinski definition) is 3. The minimum Gasteiger partial charge on any atom is -0.478 e. The molecule has 0 radical (unpaired) electrons. The summed E-state index contributed by atoms with van der Waals surface area (Å²) in [5, 5.41) is 32.8. The summed E-state index contributed by atoms with van der Waals surface area (Å²) in [5.41, 5.74) is 3.72. The number of primary amides is 1. The summed E-state index contributed by atoms with van der Waals surface area (Å²) in [6.45, 7) is 10.3. The third-order valence-corrected chi connectivity index (χ3v) is 7.97. The molecule has 0 bridgehead atoms. The number of alkyl carbamates (subject to hydrolysis) is 1. The van der Waals surface area contributed by atoms with E-state index in [0.29, 0.717) is 24.0 Å². The van der Waals surface area contributed by atoms with E-state index >= 15 is 0 Å². The van der Waals surface area contributed by atoms with Gasteiger partial charge in [-0.1, -0.05) is 69.3 Å². The smallest absolute Gasteiger partial charge is 0.409 e. The lowest BCUT2D eigenvalue weighted by atomic mass is 9.87. The van der Waals surface area contributed by atoms with E-state index in [4.69, 9.17) is 10.5 Å². The number of hydrogen-bond acceptors (Lipinski definition) is 9. The number of carboxylic acids is 1. The number of anilines is 1. The van der Waals surface area contributed by atoms with Gasteiger partial charge in [-0.15, -0.1) is 0 Å². The molecule has 0 saturated heterocycles. The molecule has 0 aliphatic carbocycles. The number of nitrogens with one attached hydrogen (secondary N) is 1. The van der Waals surface area contributed by atoms with Crippen LogP contribution in [0.25, 0.3) is 0 Å². The molecular weight excluding hydrogens is 556 g/mol. The highest BCUT2D eigenvalue weighted by molar-refractivity contribution is 8.00. The van der Waals surface area contributed by atoms with Crippen LogP contribution in [0.2, 0.25) is 0 Å². The van der Waals surface area contributed by atoms with Crippen molar-refractivity contribution in [3.05, 3.63) is 52.6 Å². The number of carboxylic acid groups (broad SMARTS) is 1. The van der Waals surface area contributed by atoms with Crippen LogP contribution in [0, 0.1) is 28.6 Å². The molecule has 2 unspecified atom stereocenters. The molecule has 1 aromatic carbocycles. The van der Waals surface area contributed by atoms with Crippen LogP contribution in [0.3, 0.4) is 0 Å². The van der Waals surface area contributed by atoms with Crippen molar-refractivity contribution < 1.29 is 24.2 Å². The lowest BCUT2D eigenvalue weighted by Crippen LogP contribution is -2.69. The van der Waals surface area contributed by atoms with E-state index in [1.165, 1.54) is 11.9 Å². The minimum atomic E-state index is -2.10. The maximum absolute atomic E-state index is 13.1. The van der Waals surface area contributed by atoms with E-state index in [9.17, 15) is 30.0 Å². The van der Waals surface area contributed by atoms with Gasteiger partial charge in [-0.05, 0) is 44.7 Å². The third kappa shape index (κ3) is 7.31. The van der Waals surface area contributed by atoms with Crippen molar-refractivity contribution in [3.8, 4) is 12.1 Å². The molecule has 224 valence electrons. The summed E-state index contributed by atoms with van der Waals surface area (Å²) < 4.78 is 5.42. The van der Waals surface area contributed by atoms with Crippen LogP contribution >= 0.6 is 11.8 Å². The molecule has 0 aliphatic heterocycles. The number of amides is 2. The maximum Gasteiger partial charge on any atom is 0.409 e. The average molecular weight is 595 g/mol. The normalized spacial score (nSPS) is 13.9. The molecule has 0 fully saturated rings. The molecule has 3 atom stereocenters. The average Bonchev–Trinajstić information content (AvgIpc) is 2.92. The minimum absolute atomic E-state index is 0.0171. The van der Waals surface area contributed by atoms with Crippen LogP contribution in [0.1, 0.15) is 81.9 Å². The highest BCUT2D eigenvalue weighted by Gasteiger charge is 2.51. The molecule has 1 heterocycles. The van der Waals surface area contributed by atoms with Crippen molar-refractivity contribution in [2.75, 3.05) is 11.9 Å². The van der Waals surface area contributed by atoms with Gasteiger partial charge in [-0.2, -0.15) is 10.5 Å². The fourth-order valence-electron chi connectivity index (χ4n) is 4.75. The number of likely N-dealkylation sites (N-methyl/N-ethyl adjacent to an activating group) is 1. The first-order valence-electron chi connectivity index (χ1n) is 13.5. The van der Waals surface area contributed by atoms with E-state index in [1.807, 2.05) is 6.92 Å². The van der Waals surface area contributed by atoms with Crippen molar-refractivity contribution in [2.24, 2.45) is 11.7 Å². The second-order valence-electron chi connectivity index (χ2n) is 10.8. The van der Waals surface area contributed by atoms with Crippen molar-refractivity contribution in [3.63, 3.8) is 0 Å². The zero-order chi connectivity index (χ0) is 31.8. The monoisotopic (exact) mass is 594 g/mol. The molecule has 2 rings (SSSR count). The quantitative estimate of drug-likeness (QED) is 0.226. The number of pyridine rings is 1. The third-order valence-electron chi connectivity index (χ3n) is 6.72. The summed E-state index contributed by atoms with van der Waals surface area (Å²) in [6, 6.07) is 12.9. The summed E-state index contributed by atoms with van der Waals surface area (Å²) >= 11 is 0.937. The Kier molecular flexibility index (Phi) is 11.3. The summed E-state index contributed by atoms with van der Waals surface area (Å²) in [5.74, 6) is -2.82. The standard InChI is InChI=1S/C30H38N6O5S/c1-8-13-18(3)30(27(38)39,35-28(40)41-29(4,5)6)36(7)25-21(16-31)20(9-2)22(17-32)26(34-25)42-23(24(33)37)19-14-11-10-12-15-19/h10-12,14-15,18,23H,8-9,13H2,1-7H3,(H2,33,37)(H,35,40)(H,38,39)/t18?,23?,30-/m0/s1. The molecule has 12 heteroatoms. The number of nitrogens with zero attached hydrogens (tertiary/aromatic N) is 4. The van der Waals surface area contributed by atoms with Gasteiger partial charge in [0.15, 0.2) is 0 Å². The van der Waals surface area contributed by atoms with Gasteiger partial charge in [0.1, 0.15) is 33.8 Å². The van der Waals surface area contributed by atoms with Crippen LogP contribution in [-0.4, -0.2) is 46.4 Å². The van der Waals surface area contributed by atoms with Gasteiger partial charge in [-0.3, -0.25) is 10.1 Å². The zero-order valence-corrected chi connectivity index (χ0v) is 25.8. The van der Waals surface area contributed by atoms with Crippen molar-refractivity contribution in [1.82, 2.24) is 10.3 Å². The van der Waals surface area contributed by atoms with E-state index in [0.717, 1.165) is 11.8 Å². The van der Waals surface area contributed by atoms with Crippen molar-refractivity contribution >= 4 is 35.5 Å². The van der Waals surface area contributed by atoms with Gasteiger partial charge < -0.3 is 20.5 Å². The Labute approximate surface area is 251 Å². The van der Waals surface area contributed by atoms with Gasteiger partial charge >= 0.3 is 12.1 Å². The van der Waals surface area contributed by atoms with Gasteiger partial charge in [-0.25, -0.2) is 14.6 Å². The Morgan fingerprint density at radius 3 is 2.19 bits per heavy atom. The number of carbonyl (C=O) groups is 3. The zero-order valence-electron chi connectivity index (χ0n) is 25.0. The van der Waals surface area contributed by atoms with Gasteiger partial charge in [0.05, 0.1) is 11.1 Å². The second-order valence-corrected chi connectivity index (χ2v) is 11.9. The Balaban J connectivity index is 2.89. The number of benzene rings is 1. The van der Waals surface area contributed by atoms with Gasteiger partial charge in [0.25, 0.3) is 0 Å². The molecule has 1 aromatic heterocycles. The predicted octanol–water partition coefficient (Wildman–Crippen LogP) is 4.88. The Morgan fingerprint density at radius 2 is 1.74 bits per heavy atom. The highest BCUT2D eigenvalue weighted by atomic mass is 32.2. The molecule has 11 nitrogen and oxygen atoms in total. The molecular formula is C30H38N6O5S. The Bertz CT molecular complexity index is 1400. The Hall–Kier alpha value is -4.29. The summed E-state index contributed by atoms with van der Waals surface area (Å²) in [4.78, 5) is 44.6. The van der Waals surface area contributed by atoms with E-state index < -0.39 is 40.4 Å². The SMILES string of the molecule is CCCC(C)[C@@](NC(=O)OC(C)(C)C)(C(=O)O)N(C)c1nc(SC(C(N)=O)c2ccccc2)c(C#N)c(CC)c1C#N. The number of thioether (sulfide) groups is 1. The van der Waals surface area contributed by atoms with Crippen LogP contribution in [-0.2, 0) is 20.7 Å². The fourth-order valence-corrected chi connectivity index (χ4v) is 5.81. The van der Waals surface area contributed by atoms with Gasteiger partial charge in [0.2, 0.25) is 11.6 Å². The van der Waals surface area contributed by atoms with E-state index in [1.54, 1.807) is 65.0 Å². The first-order valence-corrected chi connectivity index (χ1v) is 14.4. The number of rotatable bonds is 12. The molecule has 0 spiro atoms. The number of nitriles is 2. The largest absolute Gasteiger partial charge is 0.478 e. The number of aliphatic carboxylic acids is 1. The number of ether oxygens (including phenoxy) is 1. The molecule has 0 aliphatic rings. The molecule has 4 N–H and O–H groups in total. The summed E-state index contributed by atoms with van der Waals surface area (Å²) in [6.07, 6.45) is 0.268.